The minimum atomic E-state index is -0.778. The standard InChI is InChI=1S/C51H101NO5/c1-4-7-10-13-16-19-22-24-25-26-28-31-34-37-40-43-49(54)48(46-53)52-50(55)45-47(42-39-36-33-30-27-21-18-15-12-9-6-3)57-51(56)44-41-38-35-32-29-23-20-17-14-11-8-5-2/h47-49,53-54H,4-46H2,1-3H3,(H,52,55). The molecule has 0 fully saturated rings. The van der Waals surface area contributed by atoms with E-state index in [1.54, 1.807) is 0 Å². The quantitative estimate of drug-likeness (QED) is 0.0420. The molecule has 0 saturated carbocycles. The summed E-state index contributed by atoms with van der Waals surface area (Å²) in [6.45, 7) is 6.50. The SMILES string of the molecule is CCCCCCCCCCCCCCCCCC(O)C(CO)NC(=O)CC(CCCCCCCCCCCCC)OC(=O)CCCCCCCCCCCCCC. The number of hydrogen-bond donors (Lipinski definition) is 3. The van der Waals surface area contributed by atoms with E-state index in [0.29, 0.717) is 19.3 Å². The molecule has 3 unspecified atom stereocenters. The predicted molar refractivity (Wildman–Crippen MR) is 246 cm³/mol. The van der Waals surface area contributed by atoms with E-state index in [0.717, 1.165) is 44.9 Å². The smallest absolute Gasteiger partial charge is 0.306 e. The molecule has 0 rings (SSSR count). The fraction of sp³-hybridized carbons (Fsp3) is 0.961. The molecule has 57 heavy (non-hydrogen) atoms. The van der Waals surface area contributed by atoms with Crippen LogP contribution in [0, 0.1) is 0 Å². The molecule has 0 aliphatic carbocycles. The van der Waals surface area contributed by atoms with Gasteiger partial charge in [-0.1, -0.05) is 252 Å². The maximum absolute atomic E-state index is 13.2. The lowest BCUT2D eigenvalue weighted by Crippen LogP contribution is -2.46. The summed E-state index contributed by atoms with van der Waals surface area (Å²) in [7, 11) is 0. The monoisotopic (exact) mass is 808 g/mol. The largest absolute Gasteiger partial charge is 0.462 e. The minimum Gasteiger partial charge on any atom is -0.462 e. The van der Waals surface area contributed by atoms with E-state index in [9.17, 15) is 19.8 Å². The van der Waals surface area contributed by atoms with Crippen LogP contribution in [0.2, 0.25) is 0 Å². The second-order valence-electron chi connectivity index (χ2n) is 17.9. The van der Waals surface area contributed by atoms with Crippen molar-refractivity contribution in [1.29, 1.82) is 0 Å². The fourth-order valence-corrected chi connectivity index (χ4v) is 8.26. The van der Waals surface area contributed by atoms with Crippen molar-refractivity contribution in [2.24, 2.45) is 0 Å². The van der Waals surface area contributed by atoms with Gasteiger partial charge >= 0.3 is 5.97 Å². The van der Waals surface area contributed by atoms with Crippen molar-refractivity contribution < 1.29 is 24.5 Å². The van der Waals surface area contributed by atoms with Gasteiger partial charge in [0.2, 0.25) is 5.91 Å². The van der Waals surface area contributed by atoms with E-state index in [1.807, 2.05) is 0 Å². The van der Waals surface area contributed by atoms with Crippen LogP contribution in [0.1, 0.15) is 290 Å². The highest BCUT2D eigenvalue weighted by atomic mass is 16.5. The minimum absolute atomic E-state index is 0.0874. The van der Waals surface area contributed by atoms with Crippen LogP contribution in [-0.2, 0) is 14.3 Å². The summed E-state index contributed by atoms with van der Waals surface area (Å²) in [5.74, 6) is -0.453. The summed E-state index contributed by atoms with van der Waals surface area (Å²) in [6, 6.07) is -0.691. The van der Waals surface area contributed by atoms with Crippen LogP contribution in [0.15, 0.2) is 0 Å². The lowest BCUT2D eigenvalue weighted by Gasteiger charge is -2.24. The van der Waals surface area contributed by atoms with Gasteiger partial charge in [0, 0.05) is 6.42 Å². The van der Waals surface area contributed by atoms with Gasteiger partial charge in [-0.3, -0.25) is 9.59 Å². The molecule has 3 atom stereocenters. The Bertz CT molecular complexity index is 821. The Kier molecular flexibility index (Phi) is 45.0. The van der Waals surface area contributed by atoms with Crippen LogP contribution in [0.3, 0.4) is 0 Å². The number of amides is 1. The molecule has 0 heterocycles. The summed E-state index contributed by atoms with van der Waals surface area (Å²) in [5.41, 5.74) is 0. The third kappa shape index (κ3) is 41.4. The topological polar surface area (TPSA) is 95.9 Å². The van der Waals surface area contributed by atoms with Gasteiger partial charge in [0.25, 0.3) is 0 Å². The van der Waals surface area contributed by atoms with Gasteiger partial charge in [-0.25, -0.2) is 0 Å². The maximum atomic E-state index is 13.2. The normalized spacial score (nSPS) is 13.1. The van der Waals surface area contributed by atoms with E-state index in [2.05, 4.69) is 26.1 Å². The third-order valence-corrected chi connectivity index (χ3v) is 12.2. The van der Waals surface area contributed by atoms with Crippen molar-refractivity contribution in [2.45, 2.75) is 309 Å². The van der Waals surface area contributed by atoms with Crippen LogP contribution in [0.25, 0.3) is 0 Å². The second kappa shape index (κ2) is 45.9. The van der Waals surface area contributed by atoms with Gasteiger partial charge < -0.3 is 20.3 Å². The Morgan fingerprint density at radius 1 is 0.439 bits per heavy atom. The lowest BCUT2D eigenvalue weighted by molar-refractivity contribution is -0.151. The van der Waals surface area contributed by atoms with Crippen molar-refractivity contribution >= 4 is 11.9 Å². The van der Waals surface area contributed by atoms with E-state index in [1.165, 1.54) is 199 Å². The molecular weight excluding hydrogens is 707 g/mol. The molecule has 0 saturated heterocycles. The highest BCUT2D eigenvalue weighted by Crippen LogP contribution is 2.19. The molecule has 0 aromatic heterocycles. The number of rotatable bonds is 47. The Balaban J connectivity index is 4.46. The van der Waals surface area contributed by atoms with Crippen molar-refractivity contribution in [1.82, 2.24) is 5.32 Å². The number of esters is 1. The number of carbonyl (C=O) groups excluding carboxylic acids is 2. The molecule has 0 spiro atoms. The Labute approximate surface area is 356 Å². The number of carbonyl (C=O) groups is 2. The molecular formula is C51H101NO5. The molecule has 0 aromatic rings. The Morgan fingerprint density at radius 2 is 0.737 bits per heavy atom. The summed E-state index contributed by atoms with van der Waals surface area (Å²) >= 11 is 0. The molecule has 340 valence electrons. The molecule has 0 bridgehead atoms. The Morgan fingerprint density at radius 3 is 1.07 bits per heavy atom. The molecule has 6 heteroatoms. The number of aliphatic hydroxyl groups is 2. The molecule has 0 aliphatic heterocycles. The van der Waals surface area contributed by atoms with Crippen LogP contribution in [0.5, 0.6) is 0 Å². The van der Waals surface area contributed by atoms with E-state index < -0.39 is 18.2 Å². The van der Waals surface area contributed by atoms with Crippen molar-refractivity contribution in [3.05, 3.63) is 0 Å². The molecule has 1 amide bonds. The number of aliphatic hydroxyl groups excluding tert-OH is 2. The summed E-state index contributed by atoms with van der Waals surface area (Å²) in [5, 5.41) is 23.8. The zero-order chi connectivity index (χ0) is 41.7. The zero-order valence-electron chi connectivity index (χ0n) is 38.8. The molecule has 6 nitrogen and oxygen atoms in total. The maximum Gasteiger partial charge on any atom is 0.306 e. The third-order valence-electron chi connectivity index (χ3n) is 12.2. The first-order chi connectivity index (χ1) is 28.0. The van der Waals surface area contributed by atoms with E-state index >= 15 is 0 Å². The molecule has 0 radical (unpaired) electrons. The average Bonchev–Trinajstić information content (AvgIpc) is 3.20. The predicted octanol–water partition coefficient (Wildman–Crippen LogP) is 15.2. The molecule has 3 N–H and O–H groups in total. The summed E-state index contributed by atoms with van der Waals surface area (Å²) in [6.07, 6.45) is 48.7. The lowest BCUT2D eigenvalue weighted by atomic mass is 10.0. The number of nitrogens with one attached hydrogen (secondary N) is 1. The zero-order valence-corrected chi connectivity index (χ0v) is 38.8. The van der Waals surface area contributed by atoms with Crippen LogP contribution in [-0.4, -0.2) is 46.9 Å². The van der Waals surface area contributed by atoms with Gasteiger partial charge in [-0.2, -0.15) is 0 Å². The molecule has 0 aromatic carbocycles. The second-order valence-corrected chi connectivity index (χ2v) is 17.9. The summed E-state index contributed by atoms with van der Waals surface area (Å²) < 4.78 is 5.92. The number of hydrogen-bond acceptors (Lipinski definition) is 5. The van der Waals surface area contributed by atoms with Gasteiger partial charge in [-0.15, -0.1) is 0 Å². The first-order valence-electron chi connectivity index (χ1n) is 25.8. The van der Waals surface area contributed by atoms with Crippen molar-refractivity contribution in [3.63, 3.8) is 0 Å². The first kappa shape index (κ1) is 55.9. The van der Waals surface area contributed by atoms with Gasteiger partial charge in [0.05, 0.1) is 25.2 Å². The van der Waals surface area contributed by atoms with Crippen LogP contribution >= 0.6 is 0 Å². The fourth-order valence-electron chi connectivity index (χ4n) is 8.26. The van der Waals surface area contributed by atoms with Crippen LogP contribution in [0.4, 0.5) is 0 Å². The highest BCUT2D eigenvalue weighted by molar-refractivity contribution is 5.77. The van der Waals surface area contributed by atoms with Crippen molar-refractivity contribution in [2.75, 3.05) is 6.61 Å². The highest BCUT2D eigenvalue weighted by Gasteiger charge is 2.24. The average molecular weight is 808 g/mol. The first-order valence-corrected chi connectivity index (χ1v) is 25.8. The van der Waals surface area contributed by atoms with Gasteiger partial charge in [0.15, 0.2) is 0 Å². The summed E-state index contributed by atoms with van der Waals surface area (Å²) in [4.78, 5) is 26.1. The van der Waals surface area contributed by atoms with E-state index in [-0.39, 0.29) is 24.9 Å². The molecule has 0 aliphatic rings. The van der Waals surface area contributed by atoms with Gasteiger partial charge in [0.1, 0.15) is 6.10 Å². The number of unbranched alkanes of at least 4 members (excludes halogenated alkanes) is 35. The van der Waals surface area contributed by atoms with Crippen molar-refractivity contribution in [3.8, 4) is 0 Å². The Hall–Kier alpha value is -1.14. The van der Waals surface area contributed by atoms with Crippen LogP contribution < -0.4 is 5.32 Å². The number of ether oxygens (including phenoxy) is 1. The van der Waals surface area contributed by atoms with E-state index in [4.69, 9.17) is 4.74 Å². The van der Waals surface area contributed by atoms with Gasteiger partial charge in [-0.05, 0) is 25.7 Å².